The van der Waals surface area contributed by atoms with Gasteiger partial charge in [0.25, 0.3) is 11.8 Å². The normalized spacial score (nSPS) is 16.0. The number of benzodiazepines with no additional fused rings is 1. The minimum absolute atomic E-state index is 0.00522. The van der Waals surface area contributed by atoms with Crippen molar-refractivity contribution >= 4 is 29.0 Å². The number of aliphatic imine (C=N–C) groups is 1. The Morgan fingerprint density at radius 1 is 1.12 bits per heavy atom. The van der Waals surface area contributed by atoms with Crippen molar-refractivity contribution in [3.8, 4) is 17.1 Å². The molecule has 0 fully saturated rings. The zero-order valence-corrected chi connectivity index (χ0v) is 21.6. The lowest BCUT2D eigenvalue weighted by atomic mass is 10.0. The summed E-state index contributed by atoms with van der Waals surface area (Å²) in [6, 6.07) is 17.2. The average molecular weight is 540 g/mol. The highest BCUT2D eigenvalue weighted by Crippen LogP contribution is 2.33. The first kappa shape index (κ1) is 25.2. The summed E-state index contributed by atoms with van der Waals surface area (Å²) >= 11 is 0. The Morgan fingerprint density at radius 3 is 2.75 bits per heavy atom. The fourth-order valence-electron chi connectivity index (χ4n) is 4.77. The minimum Gasteiger partial charge on any atom is -0.477 e. The van der Waals surface area contributed by atoms with Gasteiger partial charge in [-0.3, -0.25) is 9.59 Å². The van der Waals surface area contributed by atoms with E-state index in [0.717, 1.165) is 13.0 Å². The average Bonchev–Trinajstić information content (AvgIpc) is 3.30. The molecule has 2 aliphatic heterocycles. The van der Waals surface area contributed by atoms with Crippen molar-refractivity contribution < 1.29 is 18.7 Å². The van der Waals surface area contributed by atoms with Crippen LogP contribution in [0.15, 0.2) is 71.9 Å². The molecule has 4 heterocycles. The zero-order chi connectivity index (χ0) is 27.6. The lowest BCUT2D eigenvalue weighted by molar-refractivity contribution is -0.117. The lowest BCUT2D eigenvalue weighted by Crippen LogP contribution is -2.42. The van der Waals surface area contributed by atoms with Gasteiger partial charge in [-0.25, -0.2) is 19.0 Å². The van der Waals surface area contributed by atoms with Crippen LogP contribution in [0.4, 0.5) is 15.9 Å². The first-order valence-electron chi connectivity index (χ1n) is 13.0. The van der Waals surface area contributed by atoms with E-state index in [1.54, 1.807) is 29.1 Å². The van der Waals surface area contributed by atoms with Crippen LogP contribution < -0.4 is 20.7 Å². The smallest absolute Gasteiger partial charge is 0.269 e. The van der Waals surface area contributed by atoms with Crippen molar-refractivity contribution in [2.45, 2.75) is 26.1 Å². The molecule has 0 aliphatic carbocycles. The van der Waals surface area contributed by atoms with Crippen molar-refractivity contribution in [1.82, 2.24) is 20.1 Å². The van der Waals surface area contributed by atoms with Crippen LogP contribution in [0.25, 0.3) is 11.3 Å². The number of carbonyl (C=O) groups is 2. The Hall–Kier alpha value is -5.06. The molecule has 0 bridgehead atoms. The fraction of sp³-hybridized carbons (Fsp3) is 0.207. The van der Waals surface area contributed by atoms with Crippen LogP contribution in [-0.4, -0.2) is 51.6 Å². The van der Waals surface area contributed by atoms with E-state index in [1.807, 2.05) is 43.3 Å². The SMILES string of the molecule is CCNc1ccc(-c2nn3c(c2C(=O)N[C@H]2N=C(c4ccccc4)c4cccc(F)c4NC2=O)OCCC3)cn1. The van der Waals surface area contributed by atoms with E-state index in [4.69, 9.17) is 4.74 Å². The van der Waals surface area contributed by atoms with Gasteiger partial charge >= 0.3 is 0 Å². The molecule has 3 N–H and O–H groups in total. The molecule has 40 heavy (non-hydrogen) atoms. The summed E-state index contributed by atoms with van der Waals surface area (Å²) in [6.07, 6.45) is 1.02. The summed E-state index contributed by atoms with van der Waals surface area (Å²) in [5.74, 6) is -0.869. The van der Waals surface area contributed by atoms with Crippen LogP contribution in [0.5, 0.6) is 5.88 Å². The van der Waals surface area contributed by atoms with E-state index in [0.29, 0.717) is 52.9 Å². The quantitative estimate of drug-likeness (QED) is 0.342. The lowest BCUT2D eigenvalue weighted by Gasteiger charge is -2.17. The maximum absolute atomic E-state index is 14.8. The van der Waals surface area contributed by atoms with Gasteiger partial charge in [0.05, 0.1) is 18.0 Å². The molecule has 6 rings (SSSR count). The molecule has 1 atom stereocenters. The van der Waals surface area contributed by atoms with Gasteiger partial charge in [-0.1, -0.05) is 42.5 Å². The number of anilines is 2. The number of ether oxygens (including phenoxy) is 1. The highest BCUT2D eigenvalue weighted by Gasteiger charge is 2.33. The summed E-state index contributed by atoms with van der Waals surface area (Å²) in [6.45, 7) is 3.70. The topological polar surface area (TPSA) is 123 Å². The maximum Gasteiger partial charge on any atom is 0.269 e. The Balaban J connectivity index is 1.40. The number of rotatable bonds is 6. The fourth-order valence-corrected chi connectivity index (χ4v) is 4.77. The van der Waals surface area contributed by atoms with E-state index < -0.39 is 23.8 Å². The molecule has 0 radical (unpaired) electrons. The van der Waals surface area contributed by atoms with E-state index in [9.17, 15) is 14.0 Å². The molecule has 2 aromatic heterocycles. The summed E-state index contributed by atoms with van der Waals surface area (Å²) in [7, 11) is 0. The molecule has 2 aliphatic rings. The number of carbonyl (C=O) groups excluding carboxylic acids is 2. The Labute approximate surface area is 229 Å². The second kappa shape index (κ2) is 10.6. The van der Waals surface area contributed by atoms with Crippen LogP contribution in [0.1, 0.15) is 34.8 Å². The number of nitrogens with zero attached hydrogens (tertiary/aromatic N) is 4. The van der Waals surface area contributed by atoms with Gasteiger partial charge in [0.15, 0.2) is 0 Å². The molecule has 2 aromatic carbocycles. The third-order valence-electron chi connectivity index (χ3n) is 6.62. The van der Waals surface area contributed by atoms with E-state index in [2.05, 4.69) is 31.0 Å². The molecular weight excluding hydrogens is 513 g/mol. The largest absolute Gasteiger partial charge is 0.477 e. The van der Waals surface area contributed by atoms with Crippen molar-refractivity contribution in [3.63, 3.8) is 0 Å². The second-order valence-electron chi connectivity index (χ2n) is 9.29. The number of aryl methyl sites for hydroxylation is 1. The molecule has 11 heteroatoms. The number of pyridine rings is 1. The van der Waals surface area contributed by atoms with Crippen LogP contribution in [-0.2, 0) is 11.3 Å². The van der Waals surface area contributed by atoms with Crippen LogP contribution in [0, 0.1) is 5.82 Å². The number of fused-ring (bicyclic) bond motifs is 2. The molecule has 0 saturated carbocycles. The monoisotopic (exact) mass is 539 g/mol. The van der Waals surface area contributed by atoms with Crippen LogP contribution in [0.2, 0.25) is 0 Å². The molecule has 0 saturated heterocycles. The number of amides is 2. The minimum atomic E-state index is -1.35. The number of hydrogen-bond acceptors (Lipinski definition) is 7. The highest BCUT2D eigenvalue weighted by atomic mass is 19.1. The number of aromatic nitrogens is 3. The van der Waals surface area contributed by atoms with Crippen LogP contribution >= 0.6 is 0 Å². The number of benzene rings is 2. The predicted molar refractivity (Wildman–Crippen MR) is 148 cm³/mol. The molecule has 4 aromatic rings. The summed E-state index contributed by atoms with van der Waals surface area (Å²) in [4.78, 5) is 36.2. The van der Waals surface area contributed by atoms with Gasteiger partial charge in [0, 0.05) is 42.4 Å². The summed E-state index contributed by atoms with van der Waals surface area (Å²) in [5.41, 5.74) is 2.63. The van der Waals surface area contributed by atoms with Gasteiger partial charge in [-0.05, 0) is 25.1 Å². The van der Waals surface area contributed by atoms with E-state index >= 15 is 0 Å². The Morgan fingerprint density at radius 2 is 1.98 bits per heavy atom. The standard InChI is InChI=1S/C29H26FN7O3/c1-2-31-21-13-12-18(16-32-21)24-22(29-37(36-24)14-7-15-40-29)27(38)35-26-28(39)34-25-19(10-6-11-20(25)30)23(33-26)17-8-4-3-5-9-17/h3-6,8-13,16,26H,2,7,14-15H2,1H3,(H,31,32)(H,34,39)(H,35,38)/t26-/m1/s1. The number of nitrogens with one attached hydrogen (secondary N) is 3. The summed E-state index contributed by atoms with van der Waals surface area (Å²) in [5, 5.41) is 13.1. The highest BCUT2D eigenvalue weighted by molar-refractivity contribution is 6.20. The third-order valence-corrected chi connectivity index (χ3v) is 6.62. The summed E-state index contributed by atoms with van der Waals surface area (Å²) < 4.78 is 22.3. The van der Waals surface area contributed by atoms with Gasteiger partial charge in [0.2, 0.25) is 12.0 Å². The van der Waals surface area contributed by atoms with Crippen LogP contribution in [0.3, 0.4) is 0 Å². The zero-order valence-electron chi connectivity index (χ0n) is 21.6. The molecule has 0 spiro atoms. The van der Waals surface area contributed by atoms with Gasteiger partial charge in [-0.15, -0.1) is 0 Å². The maximum atomic E-state index is 14.8. The molecule has 10 nitrogen and oxygen atoms in total. The van der Waals surface area contributed by atoms with E-state index in [-0.39, 0.29) is 11.3 Å². The van der Waals surface area contributed by atoms with Gasteiger partial charge < -0.3 is 20.7 Å². The van der Waals surface area contributed by atoms with Crippen molar-refractivity contribution in [2.75, 3.05) is 23.8 Å². The van der Waals surface area contributed by atoms with Crippen molar-refractivity contribution in [1.29, 1.82) is 0 Å². The predicted octanol–water partition coefficient (Wildman–Crippen LogP) is 3.84. The number of hydrogen-bond donors (Lipinski definition) is 3. The molecule has 202 valence electrons. The van der Waals surface area contributed by atoms with Crippen molar-refractivity contribution in [3.05, 3.63) is 89.4 Å². The number of halogens is 1. The second-order valence-corrected chi connectivity index (χ2v) is 9.29. The third kappa shape index (κ3) is 4.66. The number of para-hydroxylation sites is 1. The van der Waals surface area contributed by atoms with Gasteiger partial charge in [0.1, 0.15) is 22.9 Å². The molecular formula is C29H26FN7O3. The van der Waals surface area contributed by atoms with Gasteiger partial charge in [-0.2, -0.15) is 5.10 Å². The molecule has 2 amide bonds. The first-order chi connectivity index (χ1) is 19.5. The first-order valence-corrected chi connectivity index (χ1v) is 13.0. The Bertz CT molecular complexity index is 1620. The van der Waals surface area contributed by atoms with Crippen molar-refractivity contribution in [2.24, 2.45) is 4.99 Å². The molecule has 0 unspecified atom stereocenters. The van der Waals surface area contributed by atoms with E-state index in [1.165, 1.54) is 6.07 Å². The Kier molecular flexibility index (Phi) is 6.69.